The second kappa shape index (κ2) is 3.49. The third kappa shape index (κ3) is 2.02. The number of allylic oxidation sites excluding steroid dienone is 2. The lowest BCUT2D eigenvalue weighted by Gasteiger charge is -2.11. The zero-order valence-electron chi connectivity index (χ0n) is 6.58. The van der Waals surface area contributed by atoms with Crippen molar-refractivity contribution in [2.45, 2.75) is 13.3 Å². The number of rotatable bonds is 2. The third-order valence-electron chi connectivity index (χ3n) is 1.88. The van der Waals surface area contributed by atoms with E-state index in [4.69, 9.17) is 5.11 Å². The van der Waals surface area contributed by atoms with Crippen molar-refractivity contribution in [2.24, 2.45) is 5.92 Å². The number of carbonyl (C=O) groups excluding carboxylic acids is 1. The molecule has 0 spiro atoms. The van der Waals surface area contributed by atoms with E-state index in [1.165, 1.54) is 0 Å². The fourth-order valence-corrected chi connectivity index (χ4v) is 1.08. The summed E-state index contributed by atoms with van der Waals surface area (Å²) in [5.41, 5.74) is 0.905. The van der Waals surface area contributed by atoms with Crippen LogP contribution in [0.2, 0.25) is 0 Å². The van der Waals surface area contributed by atoms with Crippen molar-refractivity contribution < 1.29 is 9.90 Å². The van der Waals surface area contributed by atoms with Gasteiger partial charge in [-0.15, -0.1) is 0 Å². The average molecular weight is 152 g/mol. The highest BCUT2D eigenvalue weighted by Gasteiger charge is 2.11. The molecule has 2 nitrogen and oxygen atoms in total. The highest BCUT2D eigenvalue weighted by atomic mass is 16.3. The van der Waals surface area contributed by atoms with Crippen LogP contribution in [-0.4, -0.2) is 17.5 Å². The molecular weight excluding hydrogens is 140 g/mol. The van der Waals surface area contributed by atoms with E-state index in [1.54, 1.807) is 6.92 Å². The average Bonchev–Trinajstić information content (AvgIpc) is 2.05. The summed E-state index contributed by atoms with van der Waals surface area (Å²) in [5, 5.41) is 8.71. The highest BCUT2D eigenvalue weighted by Crippen LogP contribution is 2.16. The van der Waals surface area contributed by atoms with Crippen LogP contribution in [0.1, 0.15) is 13.3 Å². The zero-order chi connectivity index (χ0) is 8.27. The molecule has 0 bridgehead atoms. The van der Waals surface area contributed by atoms with Gasteiger partial charge in [-0.2, -0.15) is 0 Å². The molecule has 2 heteroatoms. The van der Waals surface area contributed by atoms with E-state index in [-0.39, 0.29) is 18.3 Å². The molecule has 0 aromatic carbocycles. The summed E-state index contributed by atoms with van der Waals surface area (Å²) in [5.74, 6) is 0.222. The molecule has 1 unspecified atom stereocenters. The maximum atomic E-state index is 10.9. The largest absolute Gasteiger partial charge is 0.392 e. The van der Waals surface area contributed by atoms with Crippen LogP contribution in [-0.2, 0) is 4.79 Å². The van der Waals surface area contributed by atoms with Crippen molar-refractivity contribution in [3.63, 3.8) is 0 Å². The Bertz CT molecular complexity index is 214. The summed E-state index contributed by atoms with van der Waals surface area (Å²) in [4.78, 5) is 10.9. The highest BCUT2D eigenvalue weighted by molar-refractivity contribution is 5.80. The summed E-state index contributed by atoms with van der Waals surface area (Å²) in [6, 6.07) is 0. The standard InChI is InChI=1S/C9H12O2/c1-7(11)9-4-2-8(6-10)3-5-9/h2-4,9-10H,5-6H2,1H3. The first-order chi connectivity index (χ1) is 5.24. The molecule has 0 saturated heterocycles. The molecule has 0 aromatic heterocycles. The summed E-state index contributed by atoms with van der Waals surface area (Å²) in [6.45, 7) is 1.66. The van der Waals surface area contributed by atoms with Gasteiger partial charge in [-0.25, -0.2) is 0 Å². The van der Waals surface area contributed by atoms with Crippen molar-refractivity contribution in [1.29, 1.82) is 0 Å². The van der Waals surface area contributed by atoms with E-state index in [0.717, 1.165) is 12.0 Å². The molecule has 1 N–H and O–H groups in total. The molecule has 1 aliphatic rings. The van der Waals surface area contributed by atoms with Crippen molar-refractivity contribution in [1.82, 2.24) is 0 Å². The van der Waals surface area contributed by atoms with Gasteiger partial charge in [0.05, 0.1) is 6.61 Å². The Morgan fingerprint density at radius 2 is 2.55 bits per heavy atom. The van der Waals surface area contributed by atoms with Crippen molar-refractivity contribution in [3.05, 3.63) is 23.8 Å². The van der Waals surface area contributed by atoms with Gasteiger partial charge < -0.3 is 5.11 Å². The van der Waals surface area contributed by atoms with E-state index in [1.807, 2.05) is 18.2 Å². The summed E-state index contributed by atoms with van der Waals surface area (Å²) < 4.78 is 0. The fourth-order valence-electron chi connectivity index (χ4n) is 1.08. The number of hydrogen-bond acceptors (Lipinski definition) is 2. The lowest BCUT2D eigenvalue weighted by Crippen LogP contribution is -2.09. The van der Waals surface area contributed by atoms with E-state index in [0.29, 0.717) is 0 Å². The molecule has 0 heterocycles. The van der Waals surface area contributed by atoms with Crippen LogP contribution in [0.25, 0.3) is 0 Å². The Kier molecular flexibility index (Phi) is 2.60. The quantitative estimate of drug-likeness (QED) is 0.642. The van der Waals surface area contributed by atoms with Gasteiger partial charge in [0.15, 0.2) is 0 Å². The Labute approximate surface area is 66.2 Å². The molecular formula is C9H12O2. The number of carbonyl (C=O) groups is 1. The van der Waals surface area contributed by atoms with Crippen molar-refractivity contribution >= 4 is 5.78 Å². The van der Waals surface area contributed by atoms with Gasteiger partial charge in [-0.05, 0) is 18.9 Å². The van der Waals surface area contributed by atoms with Crippen LogP contribution in [0, 0.1) is 5.92 Å². The van der Waals surface area contributed by atoms with E-state index in [2.05, 4.69) is 0 Å². The van der Waals surface area contributed by atoms with Crippen molar-refractivity contribution in [2.75, 3.05) is 6.61 Å². The third-order valence-corrected chi connectivity index (χ3v) is 1.88. The molecule has 0 aliphatic heterocycles. The number of aliphatic hydroxyl groups excluding tert-OH is 1. The first kappa shape index (κ1) is 8.21. The van der Waals surface area contributed by atoms with Crippen LogP contribution < -0.4 is 0 Å². The van der Waals surface area contributed by atoms with Gasteiger partial charge in [-0.3, -0.25) is 4.79 Å². The molecule has 0 amide bonds. The van der Waals surface area contributed by atoms with Gasteiger partial charge in [0.2, 0.25) is 0 Å². The number of hydrogen-bond donors (Lipinski definition) is 1. The maximum absolute atomic E-state index is 10.9. The fraction of sp³-hybridized carbons (Fsp3) is 0.444. The van der Waals surface area contributed by atoms with Crippen LogP contribution in [0.4, 0.5) is 0 Å². The molecule has 0 aromatic rings. The molecule has 1 aliphatic carbocycles. The maximum Gasteiger partial charge on any atom is 0.136 e. The lowest BCUT2D eigenvalue weighted by atomic mass is 9.94. The van der Waals surface area contributed by atoms with Gasteiger partial charge in [-0.1, -0.05) is 18.2 Å². The first-order valence-electron chi connectivity index (χ1n) is 3.72. The van der Waals surface area contributed by atoms with E-state index < -0.39 is 0 Å². The SMILES string of the molecule is CC(=O)C1C=CC(CO)=CC1. The Balaban J connectivity index is 2.57. The predicted molar refractivity (Wildman–Crippen MR) is 43.1 cm³/mol. The van der Waals surface area contributed by atoms with Crippen molar-refractivity contribution in [3.8, 4) is 0 Å². The Morgan fingerprint density at radius 3 is 2.91 bits per heavy atom. The van der Waals surface area contributed by atoms with Gasteiger partial charge in [0.1, 0.15) is 5.78 Å². The number of Topliss-reactive ketones (excluding diaryl/α,β-unsaturated/α-hetero) is 1. The lowest BCUT2D eigenvalue weighted by molar-refractivity contribution is -0.119. The topological polar surface area (TPSA) is 37.3 Å². The van der Waals surface area contributed by atoms with Crippen LogP contribution in [0.5, 0.6) is 0 Å². The zero-order valence-corrected chi connectivity index (χ0v) is 6.58. The molecule has 1 rings (SSSR count). The summed E-state index contributed by atoms with van der Waals surface area (Å²) in [6.07, 6.45) is 6.32. The second-order valence-electron chi connectivity index (χ2n) is 2.75. The molecule has 0 fully saturated rings. The Hall–Kier alpha value is -0.890. The van der Waals surface area contributed by atoms with Crippen LogP contribution in [0.15, 0.2) is 23.8 Å². The minimum atomic E-state index is 0.0327. The number of aliphatic hydroxyl groups is 1. The van der Waals surface area contributed by atoms with E-state index >= 15 is 0 Å². The number of ketones is 1. The minimum absolute atomic E-state index is 0.0327. The molecule has 0 saturated carbocycles. The van der Waals surface area contributed by atoms with Crippen LogP contribution in [0.3, 0.4) is 0 Å². The van der Waals surface area contributed by atoms with Gasteiger partial charge in [0, 0.05) is 5.92 Å². The summed E-state index contributed by atoms with van der Waals surface area (Å²) in [7, 11) is 0. The molecule has 11 heavy (non-hydrogen) atoms. The monoisotopic (exact) mass is 152 g/mol. The van der Waals surface area contributed by atoms with Gasteiger partial charge >= 0.3 is 0 Å². The molecule has 0 radical (unpaired) electrons. The molecule has 1 atom stereocenters. The van der Waals surface area contributed by atoms with Crippen LogP contribution >= 0.6 is 0 Å². The van der Waals surface area contributed by atoms with E-state index in [9.17, 15) is 4.79 Å². The predicted octanol–water partition coefficient (Wildman–Crippen LogP) is 1.07. The minimum Gasteiger partial charge on any atom is -0.392 e. The normalized spacial score (nSPS) is 23.1. The molecule has 60 valence electrons. The first-order valence-corrected chi connectivity index (χ1v) is 3.72. The second-order valence-corrected chi connectivity index (χ2v) is 2.75. The van der Waals surface area contributed by atoms with Gasteiger partial charge in [0.25, 0.3) is 0 Å². The summed E-state index contributed by atoms with van der Waals surface area (Å²) >= 11 is 0. The smallest absolute Gasteiger partial charge is 0.136 e. The Morgan fingerprint density at radius 1 is 1.82 bits per heavy atom.